The van der Waals surface area contributed by atoms with E-state index in [0.717, 1.165) is 11.3 Å². The highest BCUT2D eigenvalue weighted by molar-refractivity contribution is 5.40. The molecule has 1 aromatic rings. The standard InChI is InChI=1S/C16H25NO2/c1-10(2)12-5-8-15(19-4)14(9-12)16(18)11(3)17-13-6-7-13/h5,8-11,13,16-18H,6-7H2,1-4H3. The molecule has 3 heteroatoms. The zero-order valence-electron chi connectivity index (χ0n) is 12.3. The van der Waals surface area contributed by atoms with Gasteiger partial charge in [-0.3, -0.25) is 0 Å². The number of hydrogen-bond donors (Lipinski definition) is 2. The summed E-state index contributed by atoms with van der Waals surface area (Å²) in [5, 5.41) is 14.0. The SMILES string of the molecule is COc1ccc(C(C)C)cc1C(O)C(C)NC1CC1. The van der Waals surface area contributed by atoms with Crippen molar-refractivity contribution in [3.63, 3.8) is 0 Å². The Morgan fingerprint density at radius 2 is 1.95 bits per heavy atom. The van der Waals surface area contributed by atoms with Gasteiger partial charge in [-0.25, -0.2) is 0 Å². The number of benzene rings is 1. The lowest BCUT2D eigenvalue weighted by Gasteiger charge is -2.23. The van der Waals surface area contributed by atoms with Gasteiger partial charge in [0.2, 0.25) is 0 Å². The van der Waals surface area contributed by atoms with Gasteiger partial charge in [0.05, 0.1) is 13.2 Å². The summed E-state index contributed by atoms with van der Waals surface area (Å²) >= 11 is 0. The molecule has 1 fully saturated rings. The quantitative estimate of drug-likeness (QED) is 0.829. The average molecular weight is 263 g/mol. The second-order valence-electron chi connectivity index (χ2n) is 5.83. The summed E-state index contributed by atoms with van der Waals surface area (Å²) in [5.74, 6) is 1.21. The smallest absolute Gasteiger partial charge is 0.124 e. The molecule has 1 aromatic carbocycles. The van der Waals surface area contributed by atoms with Crippen molar-refractivity contribution in [2.24, 2.45) is 0 Å². The molecule has 1 aliphatic carbocycles. The van der Waals surface area contributed by atoms with E-state index in [4.69, 9.17) is 4.74 Å². The molecule has 0 bridgehead atoms. The maximum Gasteiger partial charge on any atom is 0.124 e. The van der Waals surface area contributed by atoms with E-state index < -0.39 is 6.10 Å². The Balaban J connectivity index is 2.21. The summed E-state index contributed by atoms with van der Waals surface area (Å²) in [6.07, 6.45) is 1.91. The minimum Gasteiger partial charge on any atom is -0.496 e. The van der Waals surface area contributed by atoms with Crippen LogP contribution >= 0.6 is 0 Å². The second kappa shape index (κ2) is 5.93. The Kier molecular flexibility index (Phi) is 4.48. The minimum absolute atomic E-state index is 0.0452. The van der Waals surface area contributed by atoms with Gasteiger partial charge >= 0.3 is 0 Å². The van der Waals surface area contributed by atoms with Crippen LogP contribution in [0, 0.1) is 0 Å². The molecule has 0 heterocycles. The first-order chi connectivity index (χ1) is 9.02. The van der Waals surface area contributed by atoms with Crippen LogP contribution in [-0.4, -0.2) is 24.3 Å². The van der Waals surface area contributed by atoms with E-state index >= 15 is 0 Å². The lowest BCUT2D eigenvalue weighted by molar-refractivity contribution is 0.132. The Morgan fingerprint density at radius 3 is 2.47 bits per heavy atom. The molecule has 1 saturated carbocycles. The summed E-state index contributed by atoms with van der Waals surface area (Å²) in [6, 6.07) is 6.73. The Morgan fingerprint density at radius 1 is 1.26 bits per heavy atom. The van der Waals surface area contributed by atoms with Crippen LogP contribution < -0.4 is 10.1 Å². The fourth-order valence-electron chi connectivity index (χ4n) is 2.33. The molecule has 0 aromatic heterocycles. The number of aliphatic hydroxyl groups is 1. The average Bonchev–Trinajstić information content (AvgIpc) is 3.20. The van der Waals surface area contributed by atoms with Gasteiger partial charge in [-0.15, -0.1) is 0 Å². The number of rotatable bonds is 6. The van der Waals surface area contributed by atoms with E-state index in [-0.39, 0.29) is 6.04 Å². The molecule has 2 atom stereocenters. The fraction of sp³-hybridized carbons (Fsp3) is 0.625. The van der Waals surface area contributed by atoms with Gasteiger partial charge in [0.25, 0.3) is 0 Å². The van der Waals surface area contributed by atoms with Crippen molar-refractivity contribution < 1.29 is 9.84 Å². The molecule has 106 valence electrons. The molecule has 0 saturated heterocycles. The highest BCUT2D eigenvalue weighted by Crippen LogP contribution is 2.32. The third kappa shape index (κ3) is 3.48. The van der Waals surface area contributed by atoms with Crippen molar-refractivity contribution in [2.75, 3.05) is 7.11 Å². The van der Waals surface area contributed by atoms with Gasteiger partial charge < -0.3 is 15.2 Å². The predicted molar refractivity (Wildman–Crippen MR) is 77.7 cm³/mol. The van der Waals surface area contributed by atoms with Gasteiger partial charge in [0.15, 0.2) is 0 Å². The van der Waals surface area contributed by atoms with Crippen LogP contribution in [0.3, 0.4) is 0 Å². The molecule has 0 spiro atoms. The van der Waals surface area contributed by atoms with E-state index in [1.54, 1.807) is 7.11 Å². The molecule has 0 amide bonds. The molecule has 2 N–H and O–H groups in total. The molecule has 0 aliphatic heterocycles. The molecular formula is C16H25NO2. The molecule has 1 aliphatic rings. The molecular weight excluding hydrogens is 238 g/mol. The first-order valence-corrected chi connectivity index (χ1v) is 7.15. The zero-order chi connectivity index (χ0) is 14.0. The number of aliphatic hydroxyl groups excluding tert-OH is 1. The number of hydrogen-bond acceptors (Lipinski definition) is 3. The van der Waals surface area contributed by atoms with Crippen LogP contribution in [0.2, 0.25) is 0 Å². The number of ether oxygens (including phenoxy) is 1. The van der Waals surface area contributed by atoms with Crippen molar-refractivity contribution in [3.8, 4) is 5.75 Å². The van der Waals surface area contributed by atoms with Crippen LogP contribution in [-0.2, 0) is 0 Å². The molecule has 19 heavy (non-hydrogen) atoms. The lowest BCUT2D eigenvalue weighted by Crippen LogP contribution is -2.34. The normalized spacial score (nSPS) is 18.4. The van der Waals surface area contributed by atoms with E-state index in [2.05, 4.69) is 31.3 Å². The lowest BCUT2D eigenvalue weighted by atomic mass is 9.95. The molecule has 2 rings (SSSR count). The first-order valence-electron chi connectivity index (χ1n) is 7.15. The van der Waals surface area contributed by atoms with Crippen LogP contribution in [0.5, 0.6) is 5.75 Å². The van der Waals surface area contributed by atoms with Crippen LogP contribution in [0.15, 0.2) is 18.2 Å². The van der Waals surface area contributed by atoms with Crippen molar-refractivity contribution in [1.82, 2.24) is 5.32 Å². The van der Waals surface area contributed by atoms with Gasteiger partial charge in [-0.2, -0.15) is 0 Å². The maximum absolute atomic E-state index is 10.5. The van der Waals surface area contributed by atoms with Crippen LogP contribution in [0.4, 0.5) is 0 Å². The fourth-order valence-corrected chi connectivity index (χ4v) is 2.33. The topological polar surface area (TPSA) is 41.5 Å². The maximum atomic E-state index is 10.5. The van der Waals surface area contributed by atoms with Crippen molar-refractivity contribution in [2.45, 2.75) is 57.7 Å². The Bertz CT molecular complexity index is 427. The zero-order valence-corrected chi connectivity index (χ0v) is 12.3. The third-order valence-corrected chi connectivity index (χ3v) is 3.79. The first kappa shape index (κ1) is 14.4. The highest BCUT2D eigenvalue weighted by Gasteiger charge is 2.28. The van der Waals surface area contributed by atoms with E-state index in [1.165, 1.54) is 18.4 Å². The Labute approximate surface area is 116 Å². The predicted octanol–water partition coefficient (Wildman–Crippen LogP) is 2.99. The third-order valence-electron chi connectivity index (χ3n) is 3.79. The van der Waals surface area contributed by atoms with E-state index in [1.807, 2.05) is 13.0 Å². The van der Waals surface area contributed by atoms with Crippen molar-refractivity contribution >= 4 is 0 Å². The van der Waals surface area contributed by atoms with Crippen molar-refractivity contribution in [1.29, 1.82) is 0 Å². The van der Waals surface area contributed by atoms with Crippen molar-refractivity contribution in [3.05, 3.63) is 29.3 Å². The summed E-state index contributed by atoms with van der Waals surface area (Å²) < 4.78 is 5.38. The summed E-state index contributed by atoms with van der Waals surface area (Å²) in [6.45, 7) is 6.35. The van der Waals surface area contributed by atoms with Gasteiger partial charge in [-0.05, 0) is 43.4 Å². The Hall–Kier alpha value is -1.06. The van der Waals surface area contributed by atoms with Gasteiger partial charge in [0, 0.05) is 17.6 Å². The van der Waals surface area contributed by atoms with E-state index in [9.17, 15) is 5.11 Å². The number of nitrogens with one attached hydrogen (secondary N) is 1. The molecule has 2 unspecified atom stereocenters. The van der Waals surface area contributed by atoms with Gasteiger partial charge in [-0.1, -0.05) is 19.9 Å². The van der Waals surface area contributed by atoms with E-state index in [0.29, 0.717) is 12.0 Å². The second-order valence-corrected chi connectivity index (χ2v) is 5.83. The van der Waals surface area contributed by atoms with Gasteiger partial charge in [0.1, 0.15) is 5.75 Å². The summed E-state index contributed by atoms with van der Waals surface area (Å²) in [4.78, 5) is 0. The molecule has 0 radical (unpaired) electrons. The van der Waals surface area contributed by atoms with Crippen LogP contribution in [0.25, 0.3) is 0 Å². The monoisotopic (exact) mass is 263 g/mol. The summed E-state index contributed by atoms with van der Waals surface area (Å²) in [7, 11) is 1.65. The van der Waals surface area contributed by atoms with Crippen LogP contribution in [0.1, 0.15) is 56.8 Å². The minimum atomic E-state index is -0.533. The molecule has 3 nitrogen and oxygen atoms in total. The summed E-state index contributed by atoms with van der Waals surface area (Å²) in [5.41, 5.74) is 2.11. The number of methoxy groups -OCH3 is 1. The highest BCUT2D eigenvalue weighted by atomic mass is 16.5. The largest absolute Gasteiger partial charge is 0.496 e.